The molecule has 0 amide bonds. The maximum atomic E-state index is 8.61. The molecular weight excluding hydrogens is 174 g/mol. The van der Waals surface area contributed by atoms with Gasteiger partial charge in [0, 0.05) is 6.20 Å². The summed E-state index contributed by atoms with van der Waals surface area (Å²) in [6, 6.07) is 5.48. The summed E-state index contributed by atoms with van der Waals surface area (Å²) in [7, 11) is 0. The summed E-state index contributed by atoms with van der Waals surface area (Å²) < 4.78 is 0. The van der Waals surface area contributed by atoms with Gasteiger partial charge in [-0.25, -0.2) is 0 Å². The van der Waals surface area contributed by atoms with E-state index in [9.17, 15) is 0 Å². The van der Waals surface area contributed by atoms with E-state index in [2.05, 4.69) is 25.8 Å². The zero-order chi connectivity index (χ0) is 10.8. The number of rotatable bonds is 1. The van der Waals surface area contributed by atoms with Gasteiger partial charge in [-0.3, -0.25) is 4.98 Å². The van der Waals surface area contributed by atoms with Crippen molar-refractivity contribution >= 4 is 0 Å². The smallest absolute Gasteiger partial charge is 0.101 e. The van der Waals surface area contributed by atoms with Crippen LogP contribution in [0.4, 0.5) is 0 Å². The molecule has 3 nitrogen and oxygen atoms in total. The molecule has 0 bridgehead atoms. The van der Waals surface area contributed by atoms with Gasteiger partial charge in [-0.15, -0.1) is 0 Å². The van der Waals surface area contributed by atoms with Gasteiger partial charge in [-0.2, -0.15) is 5.26 Å². The van der Waals surface area contributed by atoms with Crippen LogP contribution in [0, 0.1) is 16.7 Å². The topological polar surface area (TPSA) is 62.7 Å². The predicted octanol–water partition coefficient (Wildman–Crippen LogP) is 2.00. The van der Waals surface area contributed by atoms with Gasteiger partial charge >= 0.3 is 0 Å². The first kappa shape index (κ1) is 10.7. The average molecular weight is 189 g/mol. The molecule has 14 heavy (non-hydrogen) atoms. The Morgan fingerprint density at radius 1 is 1.43 bits per heavy atom. The fraction of sp³-hybridized carbons (Fsp3) is 0.455. The first-order valence-corrected chi connectivity index (χ1v) is 4.57. The van der Waals surface area contributed by atoms with Crippen molar-refractivity contribution in [2.45, 2.75) is 26.8 Å². The van der Waals surface area contributed by atoms with Crippen molar-refractivity contribution in [2.24, 2.45) is 11.1 Å². The lowest BCUT2D eigenvalue weighted by Crippen LogP contribution is -2.27. The van der Waals surface area contributed by atoms with E-state index in [4.69, 9.17) is 11.0 Å². The Morgan fingerprint density at radius 3 is 2.43 bits per heavy atom. The van der Waals surface area contributed by atoms with E-state index in [1.54, 1.807) is 12.3 Å². The molecule has 0 saturated heterocycles. The highest BCUT2D eigenvalue weighted by atomic mass is 14.8. The van der Waals surface area contributed by atoms with Gasteiger partial charge in [0.2, 0.25) is 0 Å². The second kappa shape index (κ2) is 3.77. The molecule has 1 aromatic rings. The molecule has 0 aliphatic carbocycles. The quantitative estimate of drug-likeness (QED) is 0.734. The van der Waals surface area contributed by atoms with E-state index in [0.717, 1.165) is 5.69 Å². The van der Waals surface area contributed by atoms with Crippen LogP contribution in [0.25, 0.3) is 0 Å². The number of nitriles is 1. The van der Waals surface area contributed by atoms with Gasteiger partial charge in [0.1, 0.15) is 6.07 Å². The summed E-state index contributed by atoms with van der Waals surface area (Å²) in [6.07, 6.45) is 1.56. The number of aromatic nitrogens is 1. The first-order valence-electron chi connectivity index (χ1n) is 4.57. The summed E-state index contributed by atoms with van der Waals surface area (Å²) >= 11 is 0. The SMILES string of the molecule is CC(C)(C)[C@H](N)c1ccc(C#N)cn1. The van der Waals surface area contributed by atoms with Gasteiger partial charge in [0.05, 0.1) is 17.3 Å². The summed E-state index contributed by atoms with van der Waals surface area (Å²) in [4.78, 5) is 4.17. The summed E-state index contributed by atoms with van der Waals surface area (Å²) in [5.41, 5.74) is 7.40. The van der Waals surface area contributed by atoms with E-state index in [1.807, 2.05) is 12.1 Å². The highest BCUT2D eigenvalue weighted by molar-refractivity contribution is 5.27. The largest absolute Gasteiger partial charge is 0.322 e. The molecular formula is C11H15N3. The molecule has 74 valence electrons. The second-order valence-corrected chi connectivity index (χ2v) is 4.43. The van der Waals surface area contributed by atoms with Gasteiger partial charge in [-0.05, 0) is 17.5 Å². The predicted molar refractivity (Wildman–Crippen MR) is 55.3 cm³/mol. The lowest BCUT2D eigenvalue weighted by atomic mass is 9.85. The Hall–Kier alpha value is -1.40. The third kappa shape index (κ3) is 2.30. The average Bonchev–Trinajstić information content (AvgIpc) is 2.15. The molecule has 1 aromatic heterocycles. The molecule has 3 heteroatoms. The Morgan fingerprint density at radius 2 is 2.07 bits per heavy atom. The third-order valence-electron chi connectivity index (χ3n) is 2.17. The monoisotopic (exact) mass is 189 g/mol. The summed E-state index contributed by atoms with van der Waals surface area (Å²) in [6.45, 7) is 6.20. The maximum Gasteiger partial charge on any atom is 0.101 e. The highest BCUT2D eigenvalue weighted by Gasteiger charge is 2.23. The van der Waals surface area contributed by atoms with Gasteiger partial charge in [0.15, 0.2) is 0 Å². The molecule has 1 heterocycles. The minimum atomic E-state index is -0.102. The lowest BCUT2D eigenvalue weighted by molar-refractivity contribution is 0.321. The van der Waals surface area contributed by atoms with Crippen LogP contribution in [-0.4, -0.2) is 4.98 Å². The number of nitrogens with two attached hydrogens (primary N) is 1. The van der Waals surface area contributed by atoms with Crippen molar-refractivity contribution in [1.82, 2.24) is 4.98 Å². The van der Waals surface area contributed by atoms with Gasteiger partial charge < -0.3 is 5.73 Å². The standard InChI is InChI=1S/C11H15N3/c1-11(2,3)10(13)9-5-4-8(6-12)7-14-9/h4-5,7,10H,13H2,1-3H3/t10-/m1/s1. The van der Waals surface area contributed by atoms with E-state index in [-0.39, 0.29) is 11.5 Å². The minimum Gasteiger partial charge on any atom is -0.322 e. The summed E-state index contributed by atoms with van der Waals surface area (Å²) in [5.74, 6) is 0. The van der Waals surface area contributed by atoms with Crippen LogP contribution in [0.5, 0.6) is 0 Å². The van der Waals surface area contributed by atoms with Gasteiger partial charge in [0.25, 0.3) is 0 Å². The Balaban J connectivity index is 2.94. The molecule has 2 N–H and O–H groups in total. The van der Waals surface area contributed by atoms with Crippen LogP contribution in [0.15, 0.2) is 18.3 Å². The third-order valence-corrected chi connectivity index (χ3v) is 2.17. The van der Waals surface area contributed by atoms with Crippen LogP contribution in [0.2, 0.25) is 0 Å². The fourth-order valence-electron chi connectivity index (χ4n) is 1.10. The minimum absolute atomic E-state index is 0.0127. The summed E-state index contributed by atoms with van der Waals surface area (Å²) in [5, 5.41) is 8.61. The number of hydrogen-bond donors (Lipinski definition) is 1. The molecule has 1 atom stereocenters. The normalized spacial score (nSPS) is 13.4. The van der Waals surface area contributed by atoms with Crippen LogP contribution in [-0.2, 0) is 0 Å². The van der Waals surface area contributed by atoms with Crippen LogP contribution in [0.3, 0.4) is 0 Å². The van der Waals surface area contributed by atoms with E-state index in [0.29, 0.717) is 5.56 Å². The van der Waals surface area contributed by atoms with E-state index < -0.39 is 0 Å². The van der Waals surface area contributed by atoms with Crippen molar-refractivity contribution in [2.75, 3.05) is 0 Å². The molecule has 0 spiro atoms. The molecule has 0 aliphatic heterocycles. The maximum absolute atomic E-state index is 8.61. The number of nitrogens with zero attached hydrogens (tertiary/aromatic N) is 2. The molecule has 0 fully saturated rings. The lowest BCUT2D eigenvalue weighted by Gasteiger charge is -2.26. The van der Waals surface area contributed by atoms with Crippen molar-refractivity contribution in [3.05, 3.63) is 29.6 Å². The first-order chi connectivity index (χ1) is 6.45. The van der Waals surface area contributed by atoms with Crippen LogP contribution in [0.1, 0.15) is 38.1 Å². The zero-order valence-corrected chi connectivity index (χ0v) is 8.78. The molecule has 0 aliphatic rings. The zero-order valence-electron chi connectivity index (χ0n) is 8.78. The fourth-order valence-corrected chi connectivity index (χ4v) is 1.10. The van der Waals surface area contributed by atoms with E-state index in [1.165, 1.54) is 0 Å². The Bertz CT molecular complexity index is 340. The molecule has 0 aromatic carbocycles. The van der Waals surface area contributed by atoms with Crippen molar-refractivity contribution in [3.8, 4) is 6.07 Å². The number of hydrogen-bond acceptors (Lipinski definition) is 3. The van der Waals surface area contributed by atoms with Crippen LogP contribution >= 0.6 is 0 Å². The molecule has 0 saturated carbocycles. The Labute approximate surface area is 84.6 Å². The van der Waals surface area contributed by atoms with Crippen molar-refractivity contribution in [3.63, 3.8) is 0 Å². The Kier molecular flexibility index (Phi) is 2.87. The molecule has 0 radical (unpaired) electrons. The van der Waals surface area contributed by atoms with Crippen molar-refractivity contribution < 1.29 is 0 Å². The van der Waals surface area contributed by atoms with Crippen LogP contribution < -0.4 is 5.73 Å². The number of pyridine rings is 1. The highest BCUT2D eigenvalue weighted by Crippen LogP contribution is 2.28. The molecule has 1 rings (SSSR count). The van der Waals surface area contributed by atoms with Crippen molar-refractivity contribution in [1.29, 1.82) is 5.26 Å². The molecule has 0 unspecified atom stereocenters. The second-order valence-electron chi connectivity index (χ2n) is 4.43. The van der Waals surface area contributed by atoms with E-state index >= 15 is 0 Å². The van der Waals surface area contributed by atoms with Gasteiger partial charge in [-0.1, -0.05) is 20.8 Å².